The summed E-state index contributed by atoms with van der Waals surface area (Å²) in [5.41, 5.74) is 0. The van der Waals surface area contributed by atoms with Gasteiger partial charge in [0.05, 0.1) is 6.61 Å². The number of ether oxygens (including phenoxy) is 1. The Morgan fingerprint density at radius 2 is 1.77 bits per heavy atom. The minimum absolute atomic E-state index is 0.638. The average molecular weight is 363 g/mol. The van der Waals surface area contributed by atoms with Gasteiger partial charge in [-0.3, -0.25) is 0 Å². The van der Waals surface area contributed by atoms with Gasteiger partial charge >= 0.3 is 0 Å². The Morgan fingerprint density at radius 1 is 1.05 bits per heavy atom. The van der Waals surface area contributed by atoms with Crippen molar-refractivity contribution in [1.29, 1.82) is 0 Å². The number of nitrogens with zero attached hydrogens (tertiary/aromatic N) is 4. The molecule has 116 valence electrons. The van der Waals surface area contributed by atoms with E-state index < -0.39 is 0 Å². The summed E-state index contributed by atoms with van der Waals surface area (Å²) in [6.07, 6.45) is 1.84. The minimum atomic E-state index is 0.638. The number of piperazine rings is 1. The van der Waals surface area contributed by atoms with Gasteiger partial charge in [0.25, 0.3) is 0 Å². The zero-order chi connectivity index (χ0) is 15.4. The second kappa shape index (κ2) is 6.96. The first-order valence-corrected chi connectivity index (χ1v) is 8.27. The maximum atomic E-state index is 5.48. The van der Waals surface area contributed by atoms with Crippen LogP contribution in [0.1, 0.15) is 6.92 Å². The molecule has 0 N–H and O–H groups in total. The third-order valence-corrected chi connectivity index (χ3v) is 4.11. The van der Waals surface area contributed by atoms with E-state index in [1.165, 1.54) is 0 Å². The lowest BCUT2D eigenvalue weighted by molar-refractivity contribution is 0.327. The largest absolute Gasteiger partial charge is 0.478 e. The predicted molar refractivity (Wildman–Crippen MR) is 91.8 cm³/mol. The third-order valence-electron chi connectivity index (χ3n) is 3.64. The Hall–Kier alpha value is -1.82. The van der Waals surface area contributed by atoms with Crippen LogP contribution in [-0.2, 0) is 0 Å². The highest BCUT2D eigenvalue weighted by molar-refractivity contribution is 9.10. The molecule has 1 fully saturated rings. The molecule has 3 heterocycles. The van der Waals surface area contributed by atoms with E-state index in [1.54, 1.807) is 0 Å². The van der Waals surface area contributed by atoms with Crippen LogP contribution in [0.5, 0.6) is 5.88 Å². The van der Waals surface area contributed by atoms with Crippen molar-refractivity contribution < 1.29 is 4.74 Å². The van der Waals surface area contributed by atoms with Crippen LogP contribution in [0.15, 0.2) is 41.0 Å². The summed E-state index contributed by atoms with van der Waals surface area (Å²) in [5.74, 6) is 2.70. The molecule has 0 unspecified atom stereocenters. The van der Waals surface area contributed by atoms with Crippen molar-refractivity contribution in [1.82, 2.24) is 9.97 Å². The van der Waals surface area contributed by atoms with Crippen LogP contribution >= 0.6 is 15.9 Å². The zero-order valence-corrected chi connectivity index (χ0v) is 14.2. The molecule has 0 amide bonds. The van der Waals surface area contributed by atoms with Gasteiger partial charge in [0.2, 0.25) is 5.88 Å². The van der Waals surface area contributed by atoms with Gasteiger partial charge in [-0.1, -0.05) is 6.07 Å². The molecule has 6 heteroatoms. The average Bonchev–Trinajstić information content (AvgIpc) is 2.56. The van der Waals surface area contributed by atoms with E-state index in [2.05, 4.69) is 35.7 Å². The fraction of sp³-hybridized carbons (Fsp3) is 0.375. The molecule has 2 aromatic rings. The van der Waals surface area contributed by atoms with Crippen LogP contribution in [0, 0.1) is 0 Å². The second-order valence-electron chi connectivity index (χ2n) is 5.08. The van der Waals surface area contributed by atoms with Crippen molar-refractivity contribution in [2.24, 2.45) is 0 Å². The van der Waals surface area contributed by atoms with Crippen molar-refractivity contribution in [2.75, 3.05) is 42.6 Å². The van der Waals surface area contributed by atoms with Gasteiger partial charge in [-0.25, -0.2) is 4.98 Å². The van der Waals surface area contributed by atoms with Crippen LogP contribution in [0.4, 0.5) is 11.6 Å². The minimum Gasteiger partial charge on any atom is -0.478 e. The number of anilines is 2. The highest BCUT2D eigenvalue weighted by atomic mass is 79.9. The lowest BCUT2D eigenvalue weighted by Crippen LogP contribution is -2.47. The van der Waals surface area contributed by atoms with Crippen LogP contribution in [0.25, 0.3) is 0 Å². The zero-order valence-electron chi connectivity index (χ0n) is 12.6. The highest BCUT2D eigenvalue weighted by Crippen LogP contribution is 2.20. The van der Waals surface area contributed by atoms with E-state index in [-0.39, 0.29) is 0 Å². The first-order chi connectivity index (χ1) is 10.8. The van der Waals surface area contributed by atoms with Gasteiger partial charge in [0.1, 0.15) is 11.6 Å². The van der Waals surface area contributed by atoms with Gasteiger partial charge < -0.3 is 14.5 Å². The smallest absolute Gasteiger partial charge is 0.215 e. The lowest BCUT2D eigenvalue weighted by Gasteiger charge is -2.36. The molecular weight excluding hydrogens is 344 g/mol. The summed E-state index contributed by atoms with van der Waals surface area (Å²) < 4.78 is 6.48. The molecule has 0 atom stereocenters. The summed E-state index contributed by atoms with van der Waals surface area (Å²) in [7, 11) is 0. The van der Waals surface area contributed by atoms with Crippen molar-refractivity contribution in [3.8, 4) is 5.88 Å². The molecule has 0 spiro atoms. The molecule has 2 aromatic heterocycles. The molecule has 1 aliphatic heterocycles. The fourth-order valence-corrected chi connectivity index (χ4v) is 2.76. The van der Waals surface area contributed by atoms with Crippen molar-refractivity contribution in [3.63, 3.8) is 0 Å². The first-order valence-electron chi connectivity index (χ1n) is 7.47. The van der Waals surface area contributed by atoms with E-state index in [4.69, 9.17) is 4.74 Å². The van der Waals surface area contributed by atoms with Gasteiger partial charge in [-0.15, -0.1) is 0 Å². The Labute approximate surface area is 139 Å². The first kappa shape index (κ1) is 15.1. The summed E-state index contributed by atoms with van der Waals surface area (Å²) in [6, 6.07) is 10.0. The summed E-state index contributed by atoms with van der Waals surface area (Å²) >= 11 is 3.42. The second-order valence-corrected chi connectivity index (χ2v) is 5.99. The van der Waals surface area contributed by atoms with E-state index in [9.17, 15) is 0 Å². The molecule has 1 saturated heterocycles. The van der Waals surface area contributed by atoms with E-state index >= 15 is 0 Å². The SMILES string of the molecule is CCOc1cccc(N2CCN(c3ccc(Br)cn3)CC2)n1. The quantitative estimate of drug-likeness (QED) is 0.836. The Balaban J connectivity index is 1.64. The van der Waals surface area contributed by atoms with Crippen LogP contribution in [-0.4, -0.2) is 42.8 Å². The molecule has 0 aromatic carbocycles. The fourth-order valence-electron chi connectivity index (χ4n) is 2.53. The van der Waals surface area contributed by atoms with E-state index in [0.717, 1.165) is 42.3 Å². The van der Waals surface area contributed by atoms with E-state index in [0.29, 0.717) is 12.5 Å². The van der Waals surface area contributed by atoms with Crippen LogP contribution in [0.3, 0.4) is 0 Å². The topological polar surface area (TPSA) is 41.5 Å². The van der Waals surface area contributed by atoms with Crippen molar-refractivity contribution in [3.05, 3.63) is 41.0 Å². The molecule has 0 bridgehead atoms. The van der Waals surface area contributed by atoms with Gasteiger partial charge in [0, 0.05) is 42.9 Å². The maximum Gasteiger partial charge on any atom is 0.215 e. The molecule has 5 nitrogen and oxygen atoms in total. The van der Waals surface area contributed by atoms with Gasteiger partial charge in [-0.05, 0) is 41.1 Å². The number of rotatable bonds is 4. The predicted octanol–water partition coefficient (Wildman–Crippen LogP) is 2.96. The normalized spacial score (nSPS) is 15.0. The van der Waals surface area contributed by atoms with Crippen LogP contribution < -0.4 is 14.5 Å². The van der Waals surface area contributed by atoms with Gasteiger partial charge in [0.15, 0.2) is 0 Å². The molecular formula is C16H19BrN4O. The monoisotopic (exact) mass is 362 g/mol. The van der Waals surface area contributed by atoms with E-state index in [1.807, 2.05) is 43.5 Å². The van der Waals surface area contributed by atoms with Crippen molar-refractivity contribution in [2.45, 2.75) is 6.92 Å². The number of halogens is 1. The molecule has 0 aliphatic carbocycles. The van der Waals surface area contributed by atoms with Crippen LogP contribution in [0.2, 0.25) is 0 Å². The maximum absolute atomic E-state index is 5.48. The Morgan fingerprint density at radius 3 is 2.41 bits per heavy atom. The highest BCUT2D eigenvalue weighted by Gasteiger charge is 2.19. The molecule has 0 saturated carbocycles. The Bertz CT molecular complexity index is 612. The molecule has 3 rings (SSSR count). The van der Waals surface area contributed by atoms with Crippen molar-refractivity contribution >= 4 is 27.6 Å². The number of hydrogen-bond donors (Lipinski definition) is 0. The molecule has 1 aliphatic rings. The number of hydrogen-bond acceptors (Lipinski definition) is 5. The lowest BCUT2D eigenvalue weighted by atomic mass is 10.3. The molecule has 0 radical (unpaired) electrons. The summed E-state index contributed by atoms with van der Waals surface area (Å²) in [6.45, 7) is 6.35. The molecule has 22 heavy (non-hydrogen) atoms. The standard InChI is InChI=1S/C16H19BrN4O/c1-2-22-16-5-3-4-15(19-16)21-10-8-20(9-11-21)14-7-6-13(17)12-18-14/h3-7,12H,2,8-11H2,1H3. The Kier molecular flexibility index (Phi) is 4.77. The summed E-state index contributed by atoms with van der Waals surface area (Å²) in [4.78, 5) is 13.6. The summed E-state index contributed by atoms with van der Waals surface area (Å²) in [5, 5.41) is 0. The number of pyridine rings is 2. The number of aromatic nitrogens is 2. The van der Waals surface area contributed by atoms with Gasteiger partial charge in [-0.2, -0.15) is 4.98 Å². The third kappa shape index (κ3) is 3.50.